The summed E-state index contributed by atoms with van der Waals surface area (Å²) in [7, 11) is 0. The van der Waals surface area contributed by atoms with Crippen molar-refractivity contribution in [2.24, 2.45) is 5.92 Å². The Morgan fingerprint density at radius 3 is 2.26 bits per heavy atom. The Kier molecular flexibility index (Phi) is 5.09. The number of aromatic nitrogens is 1. The molecule has 0 saturated heterocycles. The third kappa shape index (κ3) is 3.24. The number of esters is 2. The van der Waals surface area contributed by atoms with Crippen molar-refractivity contribution in [1.82, 2.24) is 4.98 Å². The van der Waals surface area contributed by atoms with Crippen molar-refractivity contribution < 1.29 is 23.9 Å². The van der Waals surface area contributed by atoms with Gasteiger partial charge in [-0.3, -0.25) is 9.59 Å². The number of carbonyl (C=O) groups excluding carboxylic acids is 3. The Balaban J connectivity index is 2.26. The molecule has 0 saturated carbocycles. The first-order valence-corrected chi connectivity index (χ1v) is 9.27. The quantitative estimate of drug-likeness (QED) is 0.496. The van der Waals surface area contributed by atoms with E-state index in [0.717, 1.165) is 22.8 Å². The van der Waals surface area contributed by atoms with E-state index in [-0.39, 0.29) is 6.42 Å². The van der Waals surface area contributed by atoms with Gasteiger partial charge in [0.2, 0.25) is 5.41 Å². The fraction of sp³-hybridized carbons (Fsp3) is 0.476. The van der Waals surface area contributed by atoms with Crippen molar-refractivity contribution in [2.75, 3.05) is 0 Å². The van der Waals surface area contributed by atoms with Gasteiger partial charge in [-0.15, -0.1) is 0 Å². The molecule has 0 spiro atoms. The number of hydrogen-bond donors (Lipinski definition) is 1. The molecule has 144 valence electrons. The second kappa shape index (κ2) is 7.18. The summed E-state index contributed by atoms with van der Waals surface area (Å²) >= 11 is 0. The van der Waals surface area contributed by atoms with Gasteiger partial charge in [-0.1, -0.05) is 18.2 Å². The number of ether oxygens (including phenoxy) is 2. The predicted octanol–water partition coefficient (Wildman–Crippen LogP) is 3.07. The monoisotopic (exact) mass is 371 g/mol. The van der Waals surface area contributed by atoms with Crippen LogP contribution in [0.15, 0.2) is 24.3 Å². The number of hydrogen-bond acceptors (Lipinski definition) is 5. The summed E-state index contributed by atoms with van der Waals surface area (Å²) in [6.07, 6.45) is 0.517. The minimum absolute atomic E-state index is 0.0351. The van der Waals surface area contributed by atoms with Crippen LogP contribution in [0.25, 0.3) is 10.9 Å². The van der Waals surface area contributed by atoms with E-state index >= 15 is 0 Å². The van der Waals surface area contributed by atoms with Crippen molar-refractivity contribution in [3.8, 4) is 0 Å². The highest BCUT2D eigenvalue weighted by Gasteiger charge is 2.57. The SMILES string of the molecule is CC(C)OC(=O)C1(C(=O)OC(C)C)CC(C=O)Cc2c1[nH]c1ccccc21. The number of aromatic amines is 1. The van der Waals surface area contributed by atoms with Gasteiger partial charge in [-0.05, 0) is 52.2 Å². The number of fused-ring (bicyclic) bond motifs is 3. The van der Waals surface area contributed by atoms with Gasteiger partial charge in [-0.25, -0.2) is 0 Å². The Bertz CT molecular complexity index is 858. The molecule has 6 nitrogen and oxygen atoms in total. The molecule has 1 N–H and O–H groups in total. The van der Waals surface area contributed by atoms with Gasteiger partial charge < -0.3 is 19.3 Å². The molecule has 0 fully saturated rings. The van der Waals surface area contributed by atoms with Gasteiger partial charge in [-0.2, -0.15) is 0 Å². The number of rotatable bonds is 5. The van der Waals surface area contributed by atoms with Crippen LogP contribution in [0.2, 0.25) is 0 Å². The van der Waals surface area contributed by atoms with Crippen LogP contribution >= 0.6 is 0 Å². The van der Waals surface area contributed by atoms with E-state index in [9.17, 15) is 14.4 Å². The van der Waals surface area contributed by atoms with Crippen molar-refractivity contribution >= 4 is 29.1 Å². The summed E-state index contributed by atoms with van der Waals surface area (Å²) in [5.74, 6) is -1.83. The van der Waals surface area contributed by atoms with Gasteiger partial charge in [0.15, 0.2) is 0 Å². The molecule has 0 aliphatic heterocycles. The van der Waals surface area contributed by atoms with Crippen LogP contribution in [0.5, 0.6) is 0 Å². The van der Waals surface area contributed by atoms with Gasteiger partial charge >= 0.3 is 11.9 Å². The van der Waals surface area contributed by atoms with Crippen molar-refractivity contribution in [3.05, 3.63) is 35.5 Å². The molecule has 0 radical (unpaired) electrons. The average molecular weight is 371 g/mol. The third-order valence-corrected chi connectivity index (χ3v) is 4.85. The minimum Gasteiger partial charge on any atom is -0.462 e. The topological polar surface area (TPSA) is 85.5 Å². The maximum atomic E-state index is 13.2. The van der Waals surface area contributed by atoms with Gasteiger partial charge in [0, 0.05) is 22.5 Å². The Morgan fingerprint density at radius 2 is 1.70 bits per heavy atom. The number of benzene rings is 1. The fourth-order valence-electron chi connectivity index (χ4n) is 3.79. The normalized spacial score (nSPS) is 18.4. The molecule has 27 heavy (non-hydrogen) atoms. The highest BCUT2D eigenvalue weighted by atomic mass is 16.6. The summed E-state index contributed by atoms with van der Waals surface area (Å²) in [6.45, 7) is 6.91. The second-order valence-corrected chi connectivity index (χ2v) is 7.64. The summed E-state index contributed by atoms with van der Waals surface area (Å²) in [5.41, 5.74) is 0.425. The molecule has 1 unspecified atom stereocenters. The summed E-state index contributed by atoms with van der Waals surface area (Å²) < 4.78 is 10.9. The van der Waals surface area contributed by atoms with Gasteiger partial charge in [0.1, 0.15) is 6.29 Å². The minimum atomic E-state index is -1.67. The van der Waals surface area contributed by atoms with Gasteiger partial charge in [0.25, 0.3) is 0 Å². The Hall–Kier alpha value is -2.63. The lowest BCUT2D eigenvalue weighted by atomic mass is 9.69. The summed E-state index contributed by atoms with van der Waals surface area (Å²) in [4.78, 5) is 41.3. The summed E-state index contributed by atoms with van der Waals surface area (Å²) in [5, 5.41) is 0.901. The maximum absolute atomic E-state index is 13.2. The van der Waals surface area contributed by atoms with Crippen LogP contribution in [0.3, 0.4) is 0 Å². The molecule has 0 amide bonds. The highest BCUT2D eigenvalue weighted by molar-refractivity contribution is 6.08. The lowest BCUT2D eigenvalue weighted by molar-refractivity contribution is -0.171. The zero-order valence-corrected chi connectivity index (χ0v) is 16.1. The first kappa shape index (κ1) is 19.1. The highest BCUT2D eigenvalue weighted by Crippen LogP contribution is 2.44. The molecular weight excluding hydrogens is 346 g/mol. The molecule has 1 aromatic carbocycles. The van der Waals surface area contributed by atoms with E-state index in [4.69, 9.17) is 9.47 Å². The third-order valence-electron chi connectivity index (χ3n) is 4.85. The molecular formula is C21H25NO5. The molecule has 1 aromatic heterocycles. The van der Waals surface area contributed by atoms with Crippen LogP contribution in [-0.4, -0.2) is 35.4 Å². The molecule has 6 heteroatoms. The average Bonchev–Trinajstić information content (AvgIpc) is 2.98. The number of nitrogens with one attached hydrogen (secondary N) is 1. The number of para-hydroxylation sites is 1. The lowest BCUT2D eigenvalue weighted by Gasteiger charge is -2.36. The van der Waals surface area contributed by atoms with Crippen LogP contribution in [0.4, 0.5) is 0 Å². The predicted molar refractivity (Wildman–Crippen MR) is 100 cm³/mol. The first-order chi connectivity index (χ1) is 12.8. The van der Waals surface area contributed by atoms with Gasteiger partial charge in [0.05, 0.1) is 12.2 Å². The number of H-pyrrole nitrogens is 1. The molecule has 0 bridgehead atoms. The van der Waals surface area contributed by atoms with E-state index in [1.165, 1.54) is 0 Å². The van der Waals surface area contributed by atoms with Crippen LogP contribution < -0.4 is 0 Å². The fourth-order valence-corrected chi connectivity index (χ4v) is 3.79. The van der Waals surface area contributed by atoms with E-state index < -0.39 is 35.5 Å². The standard InChI is InChI=1S/C21H25NO5/c1-12(2)26-19(24)21(20(25)27-13(3)4)10-14(11-23)9-16-15-7-5-6-8-17(15)22-18(16)21/h5-8,11-14,22H,9-10H2,1-4H3. The van der Waals surface area contributed by atoms with E-state index in [0.29, 0.717) is 12.1 Å². The molecule has 1 heterocycles. The van der Waals surface area contributed by atoms with E-state index in [2.05, 4.69) is 4.98 Å². The Morgan fingerprint density at radius 1 is 1.11 bits per heavy atom. The maximum Gasteiger partial charge on any atom is 0.329 e. The van der Waals surface area contributed by atoms with E-state index in [1.54, 1.807) is 27.7 Å². The Labute approximate surface area is 158 Å². The zero-order chi connectivity index (χ0) is 19.8. The van der Waals surface area contributed by atoms with Crippen LogP contribution in [0.1, 0.15) is 45.4 Å². The molecule has 1 aliphatic carbocycles. The van der Waals surface area contributed by atoms with Crippen LogP contribution in [0, 0.1) is 5.92 Å². The molecule has 1 aliphatic rings. The number of carbonyl (C=O) groups is 3. The smallest absolute Gasteiger partial charge is 0.329 e. The molecule has 1 atom stereocenters. The zero-order valence-electron chi connectivity index (χ0n) is 16.1. The lowest BCUT2D eigenvalue weighted by Crippen LogP contribution is -2.51. The second-order valence-electron chi connectivity index (χ2n) is 7.64. The molecule has 2 aromatic rings. The van der Waals surface area contributed by atoms with E-state index in [1.807, 2.05) is 24.3 Å². The summed E-state index contributed by atoms with van der Waals surface area (Å²) in [6, 6.07) is 7.57. The van der Waals surface area contributed by atoms with Crippen molar-refractivity contribution in [3.63, 3.8) is 0 Å². The number of aldehydes is 1. The molecule has 3 rings (SSSR count). The van der Waals surface area contributed by atoms with Crippen molar-refractivity contribution in [2.45, 2.75) is 58.2 Å². The first-order valence-electron chi connectivity index (χ1n) is 9.27. The largest absolute Gasteiger partial charge is 0.462 e. The van der Waals surface area contributed by atoms with Crippen molar-refractivity contribution in [1.29, 1.82) is 0 Å². The van der Waals surface area contributed by atoms with Crippen LogP contribution in [-0.2, 0) is 35.7 Å².